The highest BCUT2D eigenvalue weighted by molar-refractivity contribution is 5.40. The summed E-state index contributed by atoms with van der Waals surface area (Å²) in [5.41, 5.74) is 0.887. The SMILES string of the molecule is OCC(O)CNc1ccncc1. The zero-order valence-corrected chi connectivity index (χ0v) is 6.64. The lowest BCUT2D eigenvalue weighted by Crippen LogP contribution is -2.22. The molecule has 0 fully saturated rings. The second-order valence-electron chi connectivity index (χ2n) is 2.45. The third-order valence-corrected chi connectivity index (χ3v) is 1.43. The summed E-state index contributed by atoms with van der Waals surface area (Å²) in [5, 5.41) is 20.4. The Morgan fingerprint density at radius 2 is 2.08 bits per heavy atom. The van der Waals surface area contributed by atoms with Crippen molar-refractivity contribution in [3.63, 3.8) is 0 Å². The van der Waals surface area contributed by atoms with E-state index in [1.54, 1.807) is 24.5 Å². The number of anilines is 1. The number of aliphatic hydroxyl groups excluding tert-OH is 2. The maximum absolute atomic E-state index is 8.99. The molecule has 0 saturated heterocycles. The molecule has 0 aliphatic rings. The third-order valence-electron chi connectivity index (χ3n) is 1.43. The van der Waals surface area contributed by atoms with E-state index in [1.165, 1.54) is 0 Å². The molecule has 1 atom stereocenters. The van der Waals surface area contributed by atoms with Gasteiger partial charge in [0.05, 0.1) is 12.7 Å². The Bertz CT molecular complexity index is 216. The van der Waals surface area contributed by atoms with E-state index >= 15 is 0 Å². The molecule has 1 aromatic heterocycles. The highest BCUT2D eigenvalue weighted by Gasteiger charge is 1.99. The van der Waals surface area contributed by atoms with Gasteiger partial charge < -0.3 is 15.5 Å². The predicted molar refractivity (Wildman–Crippen MR) is 45.8 cm³/mol. The van der Waals surface area contributed by atoms with Crippen molar-refractivity contribution < 1.29 is 10.2 Å². The van der Waals surface area contributed by atoms with Gasteiger partial charge in [-0.05, 0) is 12.1 Å². The highest BCUT2D eigenvalue weighted by Crippen LogP contribution is 2.02. The van der Waals surface area contributed by atoms with Crippen molar-refractivity contribution in [1.82, 2.24) is 4.98 Å². The van der Waals surface area contributed by atoms with Crippen LogP contribution >= 0.6 is 0 Å². The van der Waals surface area contributed by atoms with Crippen LogP contribution in [0.3, 0.4) is 0 Å². The van der Waals surface area contributed by atoms with Crippen molar-refractivity contribution in [2.75, 3.05) is 18.5 Å². The first kappa shape index (κ1) is 8.96. The Labute approximate surface area is 70.9 Å². The van der Waals surface area contributed by atoms with Gasteiger partial charge in [0.1, 0.15) is 0 Å². The number of aliphatic hydroxyl groups is 2. The molecule has 0 saturated carbocycles. The molecule has 3 N–H and O–H groups in total. The van der Waals surface area contributed by atoms with Crippen LogP contribution in [0.15, 0.2) is 24.5 Å². The first-order valence-electron chi connectivity index (χ1n) is 3.75. The molecule has 0 aromatic carbocycles. The van der Waals surface area contributed by atoms with E-state index in [1.807, 2.05) is 0 Å². The number of hydrogen-bond donors (Lipinski definition) is 3. The van der Waals surface area contributed by atoms with E-state index in [0.717, 1.165) is 5.69 Å². The van der Waals surface area contributed by atoms with E-state index in [2.05, 4.69) is 10.3 Å². The maximum atomic E-state index is 8.99. The normalized spacial score (nSPS) is 12.5. The monoisotopic (exact) mass is 168 g/mol. The van der Waals surface area contributed by atoms with Crippen molar-refractivity contribution in [2.45, 2.75) is 6.10 Å². The van der Waals surface area contributed by atoms with Crippen LogP contribution in [0.5, 0.6) is 0 Å². The van der Waals surface area contributed by atoms with Crippen LogP contribution in [0.1, 0.15) is 0 Å². The zero-order valence-electron chi connectivity index (χ0n) is 6.64. The molecule has 0 amide bonds. The Morgan fingerprint density at radius 3 is 2.67 bits per heavy atom. The third kappa shape index (κ3) is 2.86. The Morgan fingerprint density at radius 1 is 1.42 bits per heavy atom. The summed E-state index contributed by atoms with van der Waals surface area (Å²) in [6.07, 6.45) is 2.61. The molecule has 0 radical (unpaired) electrons. The molecule has 1 unspecified atom stereocenters. The summed E-state index contributed by atoms with van der Waals surface area (Å²) in [4.78, 5) is 3.84. The Hall–Kier alpha value is -1.13. The standard InChI is InChI=1S/C8H12N2O2/c11-6-8(12)5-10-7-1-3-9-4-2-7/h1-4,8,11-12H,5-6H2,(H,9,10). The summed E-state index contributed by atoms with van der Waals surface area (Å²) in [6, 6.07) is 3.59. The number of aromatic nitrogens is 1. The van der Waals surface area contributed by atoms with E-state index in [9.17, 15) is 0 Å². The van der Waals surface area contributed by atoms with Gasteiger partial charge in [-0.25, -0.2) is 0 Å². The average molecular weight is 168 g/mol. The van der Waals surface area contributed by atoms with Crippen LogP contribution in [-0.4, -0.2) is 34.5 Å². The summed E-state index contributed by atoms with van der Waals surface area (Å²) >= 11 is 0. The average Bonchev–Trinajstić information content (AvgIpc) is 2.16. The molecule has 1 aromatic rings. The van der Waals surface area contributed by atoms with Crippen LogP contribution in [-0.2, 0) is 0 Å². The lowest BCUT2D eigenvalue weighted by atomic mass is 10.3. The summed E-state index contributed by atoms with van der Waals surface area (Å²) in [5.74, 6) is 0. The molecule has 1 heterocycles. The van der Waals surface area contributed by atoms with Gasteiger partial charge in [0.15, 0.2) is 0 Å². The van der Waals surface area contributed by atoms with Gasteiger partial charge in [-0.2, -0.15) is 0 Å². The van der Waals surface area contributed by atoms with Gasteiger partial charge >= 0.3 is 0 Å². The zero-order chi connectivity index (χ0) is 8.81. The van der Waals surface area contributed by atoms with Crippen molar-refractivity contribution in [3.05, 3.63) is 24.5 Å². The first-order valence-corrected chi connectivity index (χ1v) is 3.75. The minimum Gasteiger partial charge on any atom is -0.394 e. The molecular formula is C8H12N2O2. The van der Waals surface area contributed by atoms with E-state index in [0.29, 0.717) is 6.54 Å². The topological polar surface area (TPSA) is 65.4 Å². The van der Waals surface area contributed by atoms with Gasteiger partial charge in [0.2, 0.25) is 0 Å². The van der Waals surface area contributed by atoms with Crippen molar-refractivity contribution in [1.29, 1.82) is 0 Å². The van der Waals surface area contributed by atoms with Crippen LogP contribution < -0.4 is 5.32 Å². The van der Waals surface area contributed by atoms with E-state index in [-0.39, 0.29) is 6.61 Å². The van der Waals surface area contributed by atoms with Crippen molar-refractivity contribution in [2.24, 2.45) is 0 Å². The predicted octanol–water partition coefficient (Wildman–Crippen LogP) is -0.153. The van der Waals surface area contributed by atoms with Crippen LogP contribution in [0, 0.1) is 0 Å². The highest BCUT2D eigenvalue weighted by atomic mass is 16.3. The molecule has 1 rings (SSSR count). The fourth-order valence-corrected chi connectivity index (χ4v) is 0.770. The van der Waals surface area contributed by atoms with Crippen molar-refractivity contribution in [3.8, 4) is 0 Å². The molecule has 4 nitrogen and oxygen atoms in total. The summed E-state index contributed by atoms with van der Waals surface area (Å²) in [6.45, 7) is 0.124. The maximum Gasteiger partial charge on any atom is 0.0942 e. The minimum absolute atomic E-state index is 0.224. The van der Waals surface area contributed by atoms with Gasteiger partial charge in [-0.15, -0.1) is 0 Å². The number of nitrogens with one attached hydrogen (secondary N) is 1. The Balaban J connectivity index is 2.33. The van der Waals surface area contributed by atoms with E-state index < -0.39 is 6.10 Å². The van der Waals surface area contributed by atoms with Gasteiger partial charge in [0.25, 0.3) is 0 Å². The molecule has 12 heavy (non-hydrogen) atoms. The fraction of sp³-hybridized carbons (Fsp3) is 0.375. The van der Waals surface area contributed by atoms with Crippen LogP contribution in [0.4, 0.5) is 5.69 Å². The van der Waals surface area contributed by atoms with Gasteiger partial charge in [0, 0.05) is 24.6 Å². The molecule has 4 heteroatoms. The molecular weight excluding hydrogens is 156 g/mol. The van der Waals surface area contributed by atoms with E-state index in [4.69, 9.17) is 10.2 Å². The molecule has 0 aliphatic carbocycles. The fourth-order valence-electron chi connectivity index (χ4n) is 0.770. The largest absolute Gasteiger partial charge is 0.394 e. The lowest BCUT2D eigenvalue weighted by molar-refractivity contribution is 0.105. The smallest absolute Gasteiger partial charge is 0.0942 e. The Kier molecular flexibility index (Phi) is 3.50. The second-order valence-corrected chi connectivity index (χ2v) is 2.45. The summed E-state index contributed by atoms with van der Waals surface area (Å²) in [7, 11) is 0. The number of nitrogens with zero attached hydrogens (tertiary/aromatic N) is 1. The first-order chi connectivity index (χ1) is 5.83. The van der Waals surface area contributed by atoms with Crippen LogP contribution in [0.25, 0.3) is 0 Å². The molecule has 0 aliphatic heterocycles. The van der Waals surface area contributed by atoms with Crippen LogP contribution in [0.2, 0.25) is 0 Å². The molecule has 0 bridgehead atoms. The summed E-state index contributed by atoms with van der Waals surface area (Å²) < 4.78 is 0. The van der Waals surface area contributed by atoms with Gasteiger partial charge in [-0.3, -0.25) is 4.98 Å². The number of hydrogen-bond acceptors (Lipinski definition) is 4. The van der Waals surface area contributed by atoms with Gasteiger partial charge in [-0.1, -0.05) is 0 Å². The number of pyridine rings is 1. The molecule has 0 spiro atoms. The minimum atomic E-state index is -0.710. The quantitative estimate of drug-likeness (QED) is 0.585. The lowest BCUT2D eigenvalue weighted by Gasteiger charge is -2.09. The van der Waals surface area contributed by atoms with Crippen molar-refractivity contribution >= 4 is 5.69 Å². The molecule has 66 valence electrons. The number of rotatable bonds is 4. The second kappa shape index (κ2) is 4.69.